The first kappa shape index (κ1) is 13.4. The lowest BCUT2D eigenvalue weighted by molar-refractivity contribution is 0.494. The van der Waals surface area contributed by atoms with Gasteiger partial charge in [0.2, 0.25) is 0 Å². The fraction of sp³-hybridized carbons (Fsp3) is 0.538. The Kier molecular flexibility index (Phi) is 4.66. The number of anilines is 2. The molecular weight excluding hydrogens is 264 g/mol. The van der Waals surface area contributed by atoms with Gasteiger partial charge < -0.3 is 11.1 Å². The van der Waals surface area contributed by atoms with Crippen LogP contribution in [0.3, 0.4) is 0 Å². The highest BCUT2D eigenvalue weighted by Gasteiger charge is 2.12. The fourth-order valence-corrected chi connectivity index (χ4v) is 2.02. The zero-order valence-electron chi connectivity index (χ0n) is 10.5. The van der Waals surface area contributed by atoms with E-state index in [1.165, 1.54) is 6.42 Å². The lowest BCUT2D eigenvalue weighted by Gasteiger charge is -2.22. The van der Waals surface area contributed by atoms with Crippen molar-refractivity contribution in [2.75, 3.05) is 11.1 Å². The zero-order chi connectivity index (χ0) is 12.3. The zero-order valence-corrected chi connectivity index (χ0v) is 12.1. The van der Waals surface area contributed by atoms with Crippen LogP contribution < -0.4 is 11.1 Å². The van der Waals surface area contributed by atoms with E-state index in [2.05, 4.69) is 48.1 Å². The summed E-state index contributed by atoms with van der Waals surface area (Å²) in [5.74, 6) is 0.657. The summed E-state index contributed by atoms with van der Waals surface area (Å²) in [5, 5.41) is 3.53. The summed E-state index contributed by atoms with van der Waals surface area (Å²) in [6.45, 7) is 8.72. The number of hydrogen-bond acceptors (Lipinski definition) is 2. The van der Waals surface area contributed by atoms with Gasteiger partial charge in [-0.15, -0.1) is 0 Å². The van der Waals surface area contributed by atoms with Gasteiger partial charge in [-0.1, -0.05) is 20.3 Å². The van der Waals surface area contributed by atoms with E-state index < -0.39 is 0 Å². The Morgan fingerprint density at radius 3 is 2.56 bits per heavy atom. The molecule has 90 valence electrons. The molecule has 0 aliphatic rings. The van der Waals surface area contributed by atoms with Gasteiger partial charge in [0.1, 0.15) is 0 Å². The number of nitrogen functional groups attached to an aromatic ring is 1. The second kappa shape index (κ2) is 5.58. The summed E-state index contributed by atoms with van der Waals surface area (Å²) in [6, 6.07) is 4.52. The first-order chi connectivity index (χ1) is 7.45. The standard InChI is InChI=1S/C13H21BrN2/c1-5-8(2)10(4)16-13-6-9(3)12(15)7-11(13)14/h6-8,10,16H,5,15H2,1-4H3. The molecule has 0 amide bonds. The van der Waals surface area contributed by atoms with Crippen LogP contribution in [-0.2, 0) is 0 Å². The normalized spacial score (nSPS) is 14.6. The van der Waals surface area contributed by atoms with Crippen molar-refractivity contribution in [3.05, 3.63) is 22.2 Å². The van der Waals surface area contributed by atoms with Gasteiger partial charge in [0.25, 0.3) is 0 Å². The minimum Gasteiger partial charge on any atom is -0.398 e. The second-order valence-electron chi connectivity index (χ2n) is 4.51. The SMILES string of the molecule is CCC(C)C(C)Nc1cc(C)c(N)cc1Br. The van der Waals surface area contributed by atoms with Crippen LogP contribution in [0.15, 0.2) is 16.6 Å². The third kappa shape index (κ3) is 3.14. The summed E-state index contributed by atoms with van der Waals surface area (Å²) in [7, 11) is 0. The molecule has 1 aromatic rings. The molecule has 3 N–H and O–H groups in total. The summed E-state index contributed by atoms with van der Waals surface area (Å²) < 4.78 is 1.03. The maximum atomic E-state index is 5.85. The number of rotatable bonds is 4. The molecule has 3 heteroatoms. The van der Waals surface area contributed by atoms with Crippen LogP contribution in [0.5, 0.6) is 0 Å². The molecule has 0 aromatic heterocycles. The van der Waals surface area contributed by atoms with Crippen LogP contribution in [-0.4, -0.2) is 6.04 Å². The molecule has 1 rings (SSSR count). The minimum atomic E-state index is 0.462. The molecule has 2 nitrogen and oxygen atoms in total. The third-order valence-corrected chi connectivity index (χ3v) is 3.89. The van der Waals surface area contributed by atoms with E-state index in [1.54, 1.807) is 0 Å². The predicted octanol–water partition coefficient (Wildman–Crippen LogP) is 4.19. The van der Waals surface area contributed by atoms with Crippen LogP contribution in [0.1, 0.15) is 32.8 Å². The molecule has 0 fully saturated rings. The van der Waals surface area contributed by atoms with E-state index >= 15 is 0 Å². The lowest BCUT2D eigenvalue weighted by Crippen LogP contribution is -2.23. The Labute approximate surface area is 107 Å². The van der Waals surface area contributed by atoms with Gasteiger partial charge in [0.15, 0.2) is 0 Å². The van der Waals surface area contributed by atoms with Gasteiger partial charge in [-0.05, 0) is 53.4 Å². The van der Waals surface area contributed by atoms with E-state index in [0.29, 0.717) is 12.0 Å². The van der Waals surface area contributed by atoms with Gasteiger partial charge in [-0.2, -0.15) is 0 Å². The number of nitrogens with one attached hydrogen (secondary N) is 1. The average Bonchev–Trinajstić information content (AvgIpc) is 2.24. The number of hydrogen-bond donors (Lipinski definition) is 2. The van der Waals surface area contributed by atoms with E-state index in [-0.39, 0.29) is 0 Å². The molecule has 16 heavy (non-hydrogen) atoms. The first-order valence-corrected chi connectivity index (χ1v) is 6.57. The highest BCUT2D eigenvalue weighted by Crippen LogP contribution is 2.29. The van der Waals surface area contributed by atoms with Gasteiger partial charge in [0.05, 0.1) is 0 Å². The molecule has 0 aliphatic heterocycles. The van der Waals surface area contributed by atoms with Crippen molar-refractivity contribution < 1.29 is 0 Å². The predicted molar refractivity (Wildman–Crippen MR) is 75.8 cm³/mol. The fourth-order valence-electron chi connectivity index (χ4n) is 1.55. The van der Waals surface area contributed by atoms with Crippen LogP contribution >= 0.6 is 15.9 Å². The second-order valence-corrected chi connectivity index (χ2v) is 5.36. The molecular formula is C13H21BrN2. The minimum absolute atomic E-state index is 0.462. The van der Waals surface area contributed by atoms with Crippen molar-refractivity contribution in [1.82, 2.24) is 0 Å². The Morgan fingerprint density at radius 1 is 1.38 bits per heavy atom. The third-order valence-electron chi connectivity index (χ3n) is 3.24. The Bertz CT molecular complexity index is 363. The van der Waals surface area contributed by atoms with Crippen molar-refractivity contribution >= 4 is 27.3 Å². The maximum Gasteiger partial charge on any atom is 0.0490 e. The molecule has 0 aliphatic carbocycles. The monoisotopic (exact) mass is 284 g/mol. The lowest BCUT2D eigenvalue weighted by atomic mass is 10.0. The van der Waals surface area contributed by atoms with Crippen molar-refractivity contribution in [1.29, 1.82) is 0 Å². The van der Waals surface area contributed by atoms with Crippen LogP contribution in [0.25, 0.3) is 0 Å². The average molecular weight is 285 g/mol. The van der Waals surface area contributed by atoms with Gasteiger partial charge in [-0.25, -0.2) is 0 Å². The quantitative estimate of drug-likeness (QED) is 0.814. The van der Waals surface area contributed by atoms with Gasteiger partial charge in [0, 0.05) is 21.9 Å². The molecule has 0 bridgehead atoms. The number of benzene rings is 1. The smallest absolute Gasteiger partial charge is 0.0490 e. The Hall–Kier alpha value is -0.700. The summed E-state index contributed by atoms with van der Waals surface area (Å²) >= 11 is 3.54. The number of halogens is 1. The summed E-state index contributed by atoms with van der Waals surface area (Å²) in [6.07, 6.45) is 1.18. The molecule has 2 unspecified atom stereocenters. The highest BCUT2D eigenvalue weighted by atomic mass is 79.9. The van der Waals surface area contributed by atoms with E-state index in [4.69, 9.17) is 5.73 Å². The molecule has 0 saturated heterocycles. The highest BCUT2D eigenvalue weighted by molar-refractivity contribution is 9.10. The number of aryl methyl sites for hydroxylation is 1. The van der Waals surface area contributed by atoms with Crippen molar-refractivity contribution in [2.24, 2.45) is 5.92 Å². The van der Waals surface area contributed by atoms with E-state index in [1.807, 2.05) is 13.0 Å². The Balaban J connectivity index is 2.85. The molecule has 1 aromatic carbocycles. The molecule has 0 spiro atoms. The van der Waals surface area contributed by atoms with Crippen molar-refractivity contribution in [3.8, 4) is 0 Å². The summed E-state index contributed by atoms with van der Waals surface area (Å²) in [4.78, 5) is 0. The molecule has 0 saturated carbocycles. The largest absolute Gasteiger partial charge is 0.398 e. The van der Waals surface area contributed by atoms with Gasteiger partial charge in [-0.3, -0.25) is 0 Å². The topological polar surface area (TPSA) is 38.0 Å². The summed E-state index contributed by atoms with van der Waals surface area (Å²) in [5.41, 5.74) is 8.91. The number of nitrogens with two attached hydrogens (primary N) is 1. The molecule has 0 radical (unpaired) electrons. The maximum absolute atomic E-state index is 5.85. The van der Waals surface area contributed by atoms with E-state index in [0.717, 1.165) is 21.4 Å². The van der Waals surface area contributed by atoms with Crippen LogP contribution in [0.2, 0.25) is 0 Å². The van der Waals surface area contributed by atoms with Crippen molar-refractivity contribution in [2.45, 2.75) is 40.2 Å². The van der Waals surface area contributed by atoms with Gasteiger partial charge >= 0.3 is 0 Å². The molecule has 0 heterocycles. The van der Waals surface area contributed by atoms with Crippen molar-refractivity contribution in [3.63, 3.8) is 0 Å². The Morgan fingerprint density at radius 2 is 2.00 bits per heavy atom. The molecule has 2 atom stereocenters. The first-order valence-electron chi connectivity index (χ1n) is 5.77. The van der Waals surface area contributed by atoms with E-state index in [9.17, 15) is 0 Å². The van der Waals surface area contributed by atoms with Crippen LogP contribution in [0.4, 0.5) is 11.4 Å². The van der Waals surface area contributed by atoms with Crippen LogP contribution in [0, 0.1) is 12.8 Å².